The summed E-state index contributed by atoms with van der Waals surface area (Å²) < 4.78 is 10.2. The van der Waals surface area contributed by atoms with Crippen LogP contribution in [0.3, 0.4) is 0 Å². The number of amides is 1. The van der Waals surface area contributed by atoms with Crippen molar-refractivity contribution in [3.8, 4) is 0 Å². The SMILES string of the molecule is C=Cc1c(C)c2cc3nc(c(CC(=O)OC)c4nc(cc5[nH]c(cc1[nH]2)c(C)c5CC)C(C)=C4C(=O)NCCN)[C@@H](CCC(=O)OC)C3C. The Kier molecular flexibility index (Phi) is 10.5. The Morgan fingerprint density at radius 2 is 1.65 bits per heavy atom. The maximum atomic E-state index is 13.9. The summed E-state index contributed by atoms with van der Waals surface area (Å²) in [5.74, 6) is -1.64. The highest BCUT2D eigenvalue weighted by molar-refractivity contribution is 6.27. The van der Waals surface area contributed by atoms with E-state index < -0.39 is 5.97 Å². The van der Waals surface area contributed by atoms with Gasteiger partial charge in [-0.25, -0.2) is 4.98 Å². The number of esters is 2. The molecule has 2 aliphatic rings. The van der Waals surface area contributed by atoms with Gasteiger partial charge in [-0.2, -0.15) is 0 Å². The van der Waals surface area contributed by atoms with Gasteiger partial charge in [0, 0.05) is 70.2 Å². The van der Waals surface area contributed by atoms with Gasteiger partial charge in [-0.05, 0) is 74.1 Å². The van der Waals surface area contributed by atoms with E-state index in [1.807, 2.05) is 32.1 Å². The van der Waals surface area contributed by atoms with Crippen molar-refractivity contribution in [2.24, 2.45) is 5.73 Å². The number of rotatable bonds is 10. The lowest BCUT2D eigenvalue weighted by Gasteiger charge is -2.18. The topological polar surface area (TPSA) is 165 Å². The second kappa shape index (κ2) is 14.6. The molecule has 1 amide bonds. The summed E-state index contributed by atoms with van der Waals surface area (Å²) in [6.07, 6.45) is 3.00. The number of nitrogens with one attached hydrogen (secondary N) is 3. The number of fused-ring (bicyclic) bond motifs is 8. The van der Waals surface area contributed by atoms with Gasteiger partial charge in [-0.15, -0.1) is 0 Å². The Balaban J connectivity index is 2.00. The highest BCUT2D eigenvalue weighted by Gasteiger charge is 2.35. The fourth-order valence-electron chi connectivity index (χ4n) is 6.98. The molecule has 11 nitrogen and oxygen atoms in total. The molecule has 258 valence electrons. The number of aryl methyl sites for hydroxylation is 3. The first-order valence-corrected chi connectivity index (χ1v) is 16.7. The van der Waals surface area contributed by atoms with Crippen molar-refractivity contribution in [2.75, 3.05) is 27.3 Å². The lowest BCUT2D eigenvalue weighted by molar-refractivity contribution is -0.141. The molecule has 0 saturated heterocycles. The number of H-pyrrole nitrogens is 2. The Morgan fingerprint density at radius 1 is 0.959 bits per heavy atom. The number of ether oxygens (including phenoxy) is 2. The first-order chi connectivity index (χ1) is 23.5. The van der Waals surface area contributed by atoms with Crippen LogP contribution in [0.1, 0.15) is 96.0 Å². The summed E-state index contributed by atoms with van der Waals surface area (Å²) in [7, 11) is 2.69. The number of carbonyl (C=O) groups excluding carboxylic acids is 3. The molecule has 0 fully saturated rings. The number of aromatic nitrogens is 4. The molecule has 0 aromatic carbocycles. The van der Waals surface area contributed by atoms with E-state index in [0.717, 1.165) is 56.4 Å². The van der Waals surface area contributed by atoms with Gasteiger partial charge >= 0.3 is 11.9 Å². The van der Waals surface area contributed by atoms with E-state index in [9.17, 15) is 14.4 Å². The van der Waals surface area contributed by atoms with E-state index >= 15 is 0 Å². The summed E-state index contributed by atoms with van der Waals surface area (Å²) in [5.41, 5.74) is 17.4. The highest BCUT2D eigenvalue weighted by atomic mass is 16.5. The number of carbonyl (C=O) groups is 3. The minimum Gasteiger partial charge on any atom is -0.469 e. The molecule has 5 N–H and O–H groups in total. The maximum Gasteiger partial charge on any atom is 0.310 e. The Bertz CT molecular complexity index is 2040. The van der Waals surface area contributed by atoms with E-state index in [-0.39, 0.29) is 49.6 Å². The summed E-state index contributed by atoms with van der Waals surface area (Å²) >= 11 is 0. The molecule has 2 aliphatic heterocycles. The monoisotopic (exact) mass is 666 g/mol. The van der Waals surface area contributed by atoms with Crippen LogP contribution < -0.4 is 11.1 Å². The summed E-state index contributed by atoms with van der Waals surface area (Å²) in [6, 6.07) is 6.08. The van der Waals surface area contributed by atoms with E-state index in [1.165, 1.54) is 14.2 Å². The van der Waals surface area contributed by atoms with Crippen molar-refractivity contribution in [1.82, 2.24) is 25.3 Å². The molecule has 0 saturated carbocycles. The van der Waals surface area contributed by atoms with Crippen LogP contribution in [0.2, 0.25) is 0 Å². The van der Waals surface area contributed by atoms with Gasteiger partial charge in [0.1, 0.15) is 0 Å². The van der Waals surface area contributed by atoms with Gasteiger partial charge in [0.25, 0.3) is 5.91 Å². The van der Waals surface area contributed by atoms with Crippen LogP contribution in [-0.4, -0.2) is 65.1 Å². The van der Waals surface area contributed by atoms with Crippen LogP contribution in [0, 0.1) is 13.8 Å². The van der Waals surface area contributed by atoms with Crippen LogP contribution >= 0.6 is 0 Å². The summed E-state index contributed by atoms with van der Waals surface area (Å²) in [6.45, 7) is 14.8. The van der Waals surface area contributed by atoms with Crippen molar-refractivity contribution in [2.45, 2.75) is 72.1 Å². The zero-order chi connectivity index (χ0) is 35.6. The number of hydrogen-bond donors (Lipinski definition) is 4. The molecule has 2 atom stereocenters. The lowest BCUT2D eigenvalue weighted by atomic mass is 9.84. The lowest BCUT2D eigenvalue weighted by Crippen LogP contribution is -2.30. The average Bonchev–Trinajstić information content (AvgIpc) is 3.77. The van der Waals surface area contributed by atoms with Gasteiger partial charge in [0.05, 0.1) is 43.3 Å². The quantitative estimate of drug-likeness (QED) is 0.200. The number of aromatic amines is 2. The average molecular weight is 667 g/mol. The number of nitrogens with two attached hydrogens (primary N) is 1. The largest absolute Gasteiger partial charge is 0.469 e. The van der Waals surface area contributed by atoms with Crippen molar-refractivity contribution >= 4 is 57.1 Å². The van der Waals surface area contributed by atoms with Crippen LogP contribution in [0.5, 0.6) is 0 Å². The van der Waals surface area contributed by atoms with Gasteiger partial charge in [0.15, 0.2) is 0 Å². The maximum absolute atomic E-state index is 13.9. The number of methoxy groups -OCH3 is 2. The van der Waals surface area contributed by atoms with Crippen LogP contribution in [-0.2, 0) is 36.7 Å². The molecule has 3 aromatic rings. The normalized spacial score (nSPS) is 15.7. The molecule has 0 spiro atoms. The molecular formula is C38H46N6O5. The minimum atomic E-state index is -0.502. The molecule has 5 rings (SSSR count). The highest BCUT2D eigenvalue weighted by Crippen LogP contribution is 2.44. The fraction of sp³-hybridized carbons (Fsp3) is 0.395. The minimum absolute atomic E-state index is 0.148. The zero-order valence-electron chi connectivity index (χ0n) is 29.4. The van der Waals surface area contributed by atoms with Crippen molar-refractivity contribution in [1.29, 1.82) is 0 Å². The third kappa shape index (κ3) is 6.67. The summed E-state index contributed by atoms with van der Waals surface area (Å²) in [4.78, 5) is 56.8. The second-order valence-corrected chi connectivity index (χ2v) is 12.6. The molecule has 49 heavy (non-hydrogen) atoms. The first kappa shape index (κ1) is 35.3. The van der Waals surface area contributed by atoms with Crippen molar-refractivity contribution in [3.63, 3.8) is 0 Å². The number of nitrogens with zero attached hydrogens (tertiary/aromatic N) is 2. The van der Waals surface area contributed by atoms with Gasteiger partial charge in [0.2, 0.25) is 0 Å². The third-order valence-corrected chi connectivity index (χ3v) is 9.83. The molecule has 5 heterocycles. The van der Waals surface area contributed by atoms with Gasteiger partial charge in [-0.1, -0.05) is 26.5 Å². The van der Waals surface area contributed by atoms with Gasteiger partial charge < -0.3 is 30.5 Å². The number of hydrogen-bond acceptors (Lipinski definition) is 8. The van der Waals surface area contributed by atoms with Gasteiger partial charge in [-0.3, -0.25) is 19.4 Å². The van der Waals surface area contributed by atoms with Crippen LogP contribution in [0.15, 0.2) is 24.8 Å². The van der Waals surface area contributed by atoms with Crippen molar-refractivity contribution < 1.29 is 23.9 Å². The molecule has 1 unspecified atom stereocenters. The summed E-state index contributed by atoms with van der Waals surface area (Å²) in [5, 5.41) is 2.90. The zero-order valence-corrected chi connectivity index (χ0v) is 29.4. The molecule has 0 radical (unpaired) electrons. The van der Waals surface area contributed by atoms with E-state index in [1.54, 1.807) is 0 Å². The molecule has 0 aliphatic carbocycles. The van der Waals surface area contributed by atoms with E-state index in [4.69, 9.17) is 25.2 Å². The third-order valence-electron chi connectivity index (χ3n) is 9.83. The number of allylic oxidation sites excluding steroid dienone is 1. The van der Waals surface area contributed by atoms with Crippen LogP contribution in [0.25, 0.3) is 39.3 Å². The predicted octanol–water partition coefficient (Wildman–Crippen LogP) is 5.70. The molecular weight excluding hydrogens is 620 g/mol. The Morgan fingerprint density at radius 3 is 2.31 bits per heavy atom. The smallest absolute Gasteiger partial charge is 0.310 e. The first-order valence-electron chi connectivity index (χ1n) is 16.7. The van der Waals surface area contributed by atoms with E-state index in [2.05, 4.69) is 48.7 Å². The Labute approximate surface area is 286 Å². The Hall–Kier alpha value is -5.03. The fourth-order valence-corrected chi connectivity index (χ4v) is 6.98. The van der Waals surface area contributed by atoms with E-state index in [0.29, 0.717) is 40.2 Å². The second-order valence-electron chi connectivity index (χ2n) is 12.6. The standard InChI is InChI=1S/C38H46N6O5/c1-9-23-19(3)27-16-29-21(5)25(11-12-33(45)48-7)36(43-29)26(15-34(46)49-8)37-35(38(47)40-14-13-39)22(6)30(44-37)18-32-24(10-2)20(4)28(42-32)17-31(23)41-27/h9,16-18,21,25,41-42H,1,10-15,39H2,2-8H3,(H,40,47)/t21?,25-/m0/s1. The molecule has 8 bridgehead atoms. The van der Waals surface area contributed by atoms with Crippen LogP contribution in [0.4, 0.5) is 0 Å². The molecule has 11 heteroatoms. The molecule has 3 aromatic heterocycles. The predicted molar refractivity (Wildman–Crippen MR) is 193 cm³/mol. The van der Waals surface area contributed by atoms with Crippen molar-refractivity contribution in [3.05, 3.63) is 75.4 Å².